The SMILES string of the molecule is N#CC1(NC(=O)[C@H](Cc2nc3c(C4CNNC4)cccc3o2)NC(=O)c2cccc(Cl)c2)CC1. The molecule has 0 radical (unpaired) electrons. The highest BCUT2D eigenvalue weighted by Gasteiger charge is 2.46. The van der Waals surface area contributed by atoms with E-state index in [0.29, 0.717) is 34.9 Å². The maximum atomic E-state index is 13.1. The van der Waals surface area contributed by atoms with E-state index in [2.05, 4.69) is 32.5 Å². The lowest BCUT2D eigenvalue weighted by molar-refractivity contribution is -0.123. The Hall–Kier alpha value is -3.45. The number of fused-ring (bicyclic) bond motifs is 1. The number of oxazole rings is 1. The van der Waals surface area contributed by atoms with E-state index in [1.165, 1.54) is 6.07 Å². The zero-order valence-corrected chi connectivity index (χ0v) is 19.0. The van der Waals surface area contributed by atoms with E-state index >= 15 is 0 Å². The number of hydrogen-bond acceptors (Lipinski definition) is 7. The number of carbonyl (C=O) groups excluding carboxylic acids is 2. The van der Waals surface area contributed by atoms with Crippen molar-refractivity contribution >= 4 is 34.5 Å². The van der Waals surface area contributed by atoms with Gasteiger partial charge in [0.1, 0.15) is 17.1 Å². The number of nitrogens with zero attached hydrogens (tertiary/aromatic N) is 2. The predicted octanol–water partition coefficient (Wildman–Crippen LogP) is 2.19. The number of para-hydroxylation sites is 1. The van der Waals surface area contributed by atoms with Crippen LogP contribution in [0.3, 0.4) is 0 Å². The van der Waals surface area contributed by atoms with Crippen LogP contribution in [0.15, 0.2) is 46.9 Å². The van der Waals surface area contributed by atoms with Crippen molar-refractivity contribution in [3.8, 4) is 6.07 Å². The van der Waals surface area contributed by atoms with Gasteiger partial charge in [-0.3, -0.25) is 20.4 Å². The number of benzene rings is 2. The second kappa shape index (κ2) is 9.06. The number of rotatable bonds is 7. The third kappa shape index (κ3) is 4.61. The lowest BCUT2D eigenvalue weighted by Gasteiger charge is -2.19. The molecule has 2 heterocycles. The first kappa shape index (κ1) is 22.3. The molecule has 1 aliphatic carbocycles. The minimum atomic E-state index is -0.983. The Labute approximate surface area is 200 Å². The highest BCUT2D eigenvalue weighted by atomic mass is 35.5. The Morgan fingerprint density at radius 2 is 2.00 bits per heavy atom. The maximum Gasteiger partial charge on any atom is 0.251 e. The molecular weight excluding hydrogens is 456 g/mol. The number of nitrogens with one attached hydrogen (secondary N) is 4. The standard InChI is InChI=1S/C24H23ClN6O3/c25-16-4-1-3-14(9-16)22(32)29-18(23(33)31-24(13-26)7-8-24)10-20-30-21-17(15-11-27-28-12-15)5-2-6-19(21)34-20/h1-6,9,15,18,27-28H,7-8,10-12H2,(H,29,32)(H,31,33)/t18-/m0/s1. The van der Waals surface area contributed by atoms with Gasteiger partial charge in [0.2, 0.25) is 5.91 Å². The molecule has 2 fully saturated rings. The normalized spacial score (nSPS) is 17.8. The van der Waals surface area contributed by atoms with Crippen LogP contribution in [0.1, 0.15) is 40.6 Å². The van der Waals surface area contributed by atoms with Crippen LogP contribution < -0.4 is 21.5 Å². The molecule has 1 aromatic heterocycles. The Kier molecular flexibility index (Phi) is 5.96. The van der Waals surface area contributed by atoms with Crippen molar-refractivity contribution in [1.29, 1.82) is 5.26 Å². The Morgan fingerprint density at radius 1 is 1.24 bits per heavy atom. The molecule has 0 bridgehead atoms. The van der Waals surface area contributed by atoms with Crippen LogP contribution in [0, 0.1) is 11.3 Å². The van der Waals surface area contributed by atoms with E-state index in [-0.39, 0.29) is 12.3 Å². The number of hydrogen-bond donors (Lipinski definition) is 4. The topological polar surface area (TPSA) is 132 Å². The fourth-order valence-corrected chi connectivity index (χ4v) is 4.27. The second-order valence-corrected chi connectivity index (χ2v) is 9.12. The molecule has 1 aliphatic heterocycles. The average Bonchev–Trinajstić information content (AvgIpc) is 3.21. The van der Waals surface area contributed by atoms with E-state index in [0.717, 1.165) is 24.2 Å². The van der Waals surface area contributed by atoms with Gasteiger partial charge in [0.15, 0.2) is 11.5 Å². The van der Waals surface area contributed by atoms with E-state index in [4.69, 9.17) is 16.0 Å². The van der Waals surface area contributed by atoms with Crippen molar-refractivity contribution in [2.45, 2.75) is 36.8 Å². The summed E-state index contributed by atoms with van der Waals surface area (Å²) in [7, 11) is 0. The summed E-state index contributed by atoms with van der Waals surface area (Å²) in [4.78, 5) is 30.6. The molecule has 0 spiro atoms. The minimum absolute atomic E-state index is 0.0366. The fourth-order valence-electron chi connectivity index (χ4n) is 4.08. The number of amides is 2. The first-order chi connectivity index (χ1) is 16.5. The lowest BCUT2D eigenvalue weighted by Crippen LogP contribution is -2.51. The van der Waals surface area contributed by atoms with E-state index in [1.54, 1.807) is 18.2 Å². The Balaban J connectivity index is 1.41. The monoisotopic (exact) mass is 478 g/mol. The third-order valence-corrected chi connectivity index (χ3v) is 6.41. The van der Waals surface area contributed by atoms with Crippen molar-refractivity contribution in [1.82, 2.24) is 26.5 Å². The molecule has 10 heteroatoms. The molecule has 4 N–H and O–H groups in total. The van der Waals surface area contributed by atoms with Crippen LogP contribution in [-0.4, -0.2) is 41.5 Å². The summed E-state index contributed by atoms with van der Waals surface area (Å²) in [5, 5.41) is 15.3. The molecule has 1 saturated heterocycles. The van der Waals surface area contributed by atoms with Crippen LogP contribution in [0.25, 0.3) is 11.1 Å². The number of aromatic nitrogens is 1. The van der Waals surface area contributed by atoms with Crippen LogP contribution in [0.2, 0.25) is 5.02 Å². The third-order valence-electron chi connectivity index (χ3n) is 6.17. The van der Waals surface area contributed by atoms with Gasteiger partial charge in [0, 0.05) is 29.6 Å². The van der Waals surface area contributed by atoms with Crippen LogP contribution in [-0.2, 0) is 11.2 Å². The molecule has 0 unspecified atom stereocenters. The zero-order valence-electron chi connectivity index (χ0n) is 18.2. The van der Waals surface area contributed by atoms with Crippen molar-refractivity contribution in [3.05, 3.63) is 64.5 Å². The summed E-state index contributed by atoms with van der Waals surface area (Å²) < 4.78 is 5.96. The van der Waals surface area contributed by atoms with Crippen molar-refractivity contribution < 1.29 is 14.0 Å². The van der Waals surface area contributed by atoms with Gasteiger partial charge in [0.25, 0.3) is 5.91 Å². The van der Waals surface area contributed by atoms with E-state index < -0.39 is 23.4 Å². The van der Waals surface area contributed by atoms with Crippen molar-refractivity contribution in [2.24, 2.45) is 0 Å². The zero-order chi connectivity index (χ0) is 23.7. The molecule has 1 atom stereocenters. The van der Waals surface area contributed by atoms with Crippen molar-refractivity contribution in [3.63, 3.8) is 0 Å². The molecule has 5 rings (SSSR count). The van der Waals surface area contributed by atoms with Crippen LogP contribution >= 0.6 is 11.6 Å². The van der Waals surface area contributed by atoms with Gasteiger partial charge in [-0.25, -0.2) is 4.98 Å². The summed E-state index contributed by atoms with van der Waals surface area (Å²) in [6.07, 6.45) is 1.20. The number of nitriles is 1. The molecule has 9 nitrogen and oxygen atoms in total. The van der Waals surface area contributed by atoms with Gasteiger partial charge in [-0.05, 0) is 42.7 Å². The number of carbonyl (C=O) groups is 2. The van der Waals surface area contributed by atoms with Crippen LogP contribution in [0.4, 0.5) is 0 Å². The van der Waals surface area contributed by atoms with Gasteiger partial charge in [-0.2, -0.15) is 5.26 Å². The number of hydrazine groups is 1. The lowest BCUT2D eigenvalue weighted by atomic mass is 9.99. The van der Waals surface area contributed by atoms with Crippen LogP contribution in [0.5, 0.6) is 0 Å². The molecular formula is C24H23ClN6O3. The van der Waals surface area contributed by atoms with Gasteiger partial charge < -0.3 is 15.1 Å². The van der Waals surface area contributed by atoms with Gasteiger partial charge in [-0.15, -0.1) is 0 Å². The second-order valence-electron chi connectivity index (χ2n) is 8.68. The summed E-state index contributed by atoms with van der Waals surface area (Å²) >= 11 is 6.02. The van der Waals surface area contributed by atoms with E-state index in [1.807, 2.05) is 18.2 Å². The summed E-state index contributed by atoms with van der Waals surface area (Å²) in [5.41, 5.74) is 8.11. The fraction of sp³-hybridized carbons (Fsp3) is 0.333. The first-order valence-electron chi connectivity index (χ1n) is 11.1. The average molecular weight is 479 g/mol. The molecule has 2 amide bonds. The van der Waals surface area contributed by atoms with Gasteiger partial charge >= 0.3 is 0 Å². The predicted molar refractivity (Wildman–Crippen MR) is 125 cm³/mol. The Bertz CT molecular complexity index is 1290. The highest BCUT2D eigenvalue weighted by molar-refractivity contribution is 6.31. The molecule has 2 aliphatic rings. The maximum absolute atomic E-state index is 13.1. The summed E-state index contributed by atoms with van der Waals surface area (Å²) in [5.74, 6) is -0.339. The summed E-state index contributed by atoms with van der Waals surface area (Å²) in [6, 6.07) is 13.4. The van der Waals surface area contributed by atoms with Gasteiger partial charge in [-0.1, -0.05) is 29.8 Å². The quantitative estimate of drug-likeness (QED) is 0.409. The van der Waals surface area contributed by atoms with Gasteiger partial charge in [0.05, 0.1) is 12.5 Å². The molecule has 2 aromatic carbocycles. The van der Waals surface area contributed by atoms with Crippen molar-refractivity contribution in [2.75, 3.05) is 13.1 Å². The Morgan fingerprint density at radius 3 is 2.71 bits per heavy atom. The smallest absolute Gasteiger partial charge is 0.251 e. The molecule has 34 heavy (non-hydrogen) atoms. The first-order valence-corrected chi connectivity index (χ1v) is 11.5. The summed E-state index contributed by atoms with van der Waals surface area (Å²) in [6.45, 7) is 1.55. The minimum Gasteiger partial charge on any atom is -0.441 e. The number of halogens is 1. The largest absolute Gasteiger partial charge is 0.441 e. The van der Waals surface area contributed by atoms with E-state index in [9.17, 15) is 14.9 Å². The molecule has 1 saturated carbocycles. The molecule has 3 aromatic rings. The molecule has 174 valence electrons. The highest BCUT2D eigenvalue weighted by Crippen LogP contribution is 2.34.